The van der Waals surface area contributed by atoms with E-state index in [4.69, 9.17) is 16.3 Å². The summed E-state index contributed by atoms with van der Waals surface area (Å²) in [5, 5.41) is 9.26. The van der Waals surface area contributed by atoms with Crippen LogP contribution in [0.4, 0.5) is 0 Å². The maximum Gasteiger partial charge on any atom is 1.00 e. The number of likely N-dealkylation sites (N-methyl/N-ethyl adjacent to an activating group) is 1. The van der Waals surface area contributed by atoms with Gasteiger partial charge in [0.1, 0.15) is 0 Å². The van der Waals surface area contributed by atoms with E-state index in [-0.39, 0.29) is 71.1 Å². The van der Waals surface area contributed by atoms with E-state index in [2.05, 4.69) is 0 Å². The minimum atomic E-state index is -4.50. The molecule has 0 saturated carbocycles. The molecule has 1 atom stereocenters. The summed E-state index contributed by atoms with van der Waals surface area (Å²) in [5.74, 6) is 0. The van der Waals surface area contributed by atoms with Crippen molar-refractivity contribution in [1.29, 1.82) is 0 Å². The molecule has 1 N–H and O–H groups in total. The van der Waals surface area contributed by atoms with Gasteiger partial charge in [0.15, 0.2) is 10.3 Å². The minimum Gasteiger partial charge on any atom is -0.735 e. The van der Waals surface area contributed by atoms with Crippen molar-refractivity contribution in [2.75, 3.05) is 26.8 Å². The first-order chi connectivity index (χ1) is 6.88. The fraction of sp³-hybridized carbons (Fsp3) is 0.714. The first-order valence-corrected chi connectivity index (χ1v) is 5.86. The van der Waals surface area contributed by atoms with E-state index in [1.165, 1.54) is 11.6 Å². The maximum absolute atomic E-state index is 10.4. The zero-order valence-electron chi connectivity index (χ0n) is 9.17. The van der Waals surface area contributed by atoms with Crippen LogP contribution >= 0.6 is 11.6 Å². The van der Waals surface area contributed by atoms with Gasteiger partial charge < -0.3 is 14.4 Å². The van der Waals surface area contributed by atoms with Crippen LogP contribution in [0.2, 0.25) is 0 Å². The summed E-state index contributed by atoms with van der Waals surface area (Å²) in [6.07, 6.45) is 0.477. The minimum absolute atomic E-state index is 0. The molecule has 0 aromatic heterocycles. The molecule has 0 aliphatic carbocycles. The molecule has 0 spiro atoms. The van der Waals surface area contributed by atoms with Crippen molar-refractivity contribution in [2.45, 2.75) is 6.10 Å². The van der Waals surface area contributed by atoms with Gasteiger partial charge >= 0.3 is 51.4 Å². The molecule has 16 heavy (non-hydrogen) atoms. The van der Waals surface area contributed by atoms with Gasteiger partial charge in [0.05, 0.1) is 19.3 Å². The second-order valence-corrected chi connectivity index (χ2v) is 4.52. The van der Waals surface area contributed by atoms with E-state index in [1.54, 1.807) is 0 Å². The average molecular weight is 298 g/mol. The number of ether oxygens (including phenoxy) is 1. The van der Waals surface area contributed by atoms with Gasteiger partial charge in [-0.25, -0.2) is 12.7 Å². The monoisotopic (exact) mass is 297 g/mol. The van der Waals surface area contributed by atoms with E-state index in [0.717, 1.165) is 7.05 Å². The van der Waals surface area contributed by atoms with Crippen LogP contribution in [0.3, 0.4) is 0 Å². The Kier molecular flexibility index (Phi) is 12.8. The largest absolute Gasteiger partial charge is 1.00 e. The number of hydrogen-bond donors (Lipinski definition) is 1. The fourth-order valence-electron chi connectivity index (χ4n) is 0.749. The zero-order valence-corrected chi connectivity index (χ0v) is 13.9. The van der Waals surface area contributed by atoms with E-state index < -0.39 is 16.4 Å². The van der Waals surface area contributed by atoms with Crippen molar-refractivity contribution in [3.05, 3.63) is 11.6 Å². The molecule has 0 fully saturated rings. The molecular weight excluding hydrogens is 285 g/mol. The number of hydrogen-bond acceptors (Lipinski definition) is 5. The van der Waals surface area contributed by atoms with Gasteiger partial charge in [-0.3, -0.25) is 0 Å². The summed E-state index contributed by atoms with van der Waals surface area (Å²) in [7, 11) is -3.41. The molecule has 0 radical (unpaired) electrons. The Hall–Kier alpha value is 1.46. The van der Waals surface area contributed by atoms with E-state index in [1.807, 2.05) is 0 Å². The van der Waals surface area contributed by atoms with Crippen LogP contribution in [-0.2, 0) is 15.0 Å². The maximum atomic E-state index is 10.4. The summed E-state index contributed by atoms with van der Waals surface area (Å²) < 4.78 is 36.7. The van der Waals surface area contributed by atoms with Gasteiger partial charge in [-0.15, -0.1) is 0 Å². The van der Waals surface area contributed by atoms with Crippen LogP contribution in [0.15, 0.2) is 11.6 Å². The molecule has 1 unspecified atom stereocenters. The summed E-state index contributed by atoms with van der Waals surface area (Å²) in [6.45, 7) is -0.147. The third kappa shape index (κ3) is 10.6. The molecule has 0 amide bonds. The Morgan fingerprint density at radius 1 is 1.62 bits per heavy atom. The first kappa shape index (κ1) is 19.8. The number of aliphatic hydroxyl groups excluding tert-OH is 1. The van der Waals surface area contributed by atoms with Crippen molar-refractivity contribution in [3.63, 3.8) is 0 Å². The topological polar surface area (TPSA) is 89.9 Å². The average Bonchev–Trinajstić information content (AvgIpc) is 2.11. The predicted molar refractivity (Wildman–Crippen MR) is 54.1 cm³/mol. The summed E-state index contributed by atoms with van der Waals surface area (Å²) in [5.41, 5.74) is 1.26. The second kappa shape index (κ2) is 10.4. The van der Waals surface area contributed by atoms with Gasteiger partial charge in [-0.1, -0.05) is 11.6 Å². The van der Waals surface area contributed by atoms with Gasteiger partial charge in [-0.05, 0) is 6.08 Å². The van der Waals surface area contributed by atoms with Crippen molar-refractivity contribution >= 4 is 21.9 Å². The standard InChI is InChI=1S/C7H14ClNO5S.K/c1-9(15(11,12)13)5-7(10)6-14-4-2-3-8;/h2-3,7,10H,4-6H2,1H3,(H,11,12,13);/q;+1/p-1. The van der Waals surface area contributed by atoms with Gasteiger partial charge in [-0.2, -0.15) is 0 Å². The second-order valence-electron chi connectivity index (χ2n) is 2.79. The molecule has 0 saturated heterocycles. The summed E-state index contributed by atoms with van der Waals surface area (Å²) >= 11 is 5.21. The van der Waals surface area contributed by atoms with Crippen LogP contribution in [0.25, 0.3) is 0 Å². The Bertz CT molecular complexity index is 297. The molecule has 0 heterocycles. The van der Waals surface area contributed by atoms with Crippen molar-refractivity contribution in [2.24, 2.45) is 0 Å². The Balaban J connectivity index is 0. The van der Waals surface area contributed by atoms with Crippen molar-refractivity contribution < 1.29 is 74.2 Å². The molecule has 0 aromatic carbocycles. The SMILES string of the molecule is CN(CC(O)COCC=CCl)S(=O)(=O)[O-].[K+]. The predicted octanol–water partition coefficient (Wildman–Crippen LogP) is -3.49. The Labute approximate surface area is 143 Å². The Morgan fingerprint density at radius 2 is 2.19 bits per heavy atom. The molecule has 6 nitrogen and oxygen atoms in total. The number of halogens is 1. The van der Waals surface area contributed by atoms with Crippen LogP contribution in [0, 0.1) is 0 Å². The molecule has 90 valence electrons. The molecular formula is C7H13ClKNO5S. The first-order valence-electron chi connectivity index (χ1n) is 4.06. The molecule has 0 aliphatic rings. The Morgan fingerprint density at radius 3 is 2.62 bits per heavy atom. The van der Waals surface area contributed by atoms with E-state index in [0.29, 0.717) is 4.31 Å². The van der Waals surface area contributed by atoms with Crippen LogP contribution in [0.1, 0.15) is 0 Å². The third-order valence-electron chi connectivity index (χ3n) is 1.46. The van der Waals surface area contributed by atoms with Gasteiger partial charge in [0.25, 0.3) is 0 Å². The molecule has 0 aromatic rings. The fourth-order valence-corrected chi connectivity index (χ4v) is 1.18. The molecule has 0 rings (SSSR count). The van der Waals surface area contributed by atoms with Gasteiger partial charge in [0, 0.05) is 19.1 Å². The quantitative estimate of drug-likeness (QED) is 0.299. The molecule has 0 aliphatic heterocycles. The summed E-state index contributed by atoms with van der Waals surface area (Å²) in [4.78, 5) is 0. The molecule has 0 bridgehead atoms. The van der Waals surface area contributed by atoms with E-state index >= 15 is 0 Å². The van der Waals surface area contributed by atoms with Crippen molar-refractivity contribution in [1.82, 2.24) is 4.31 Å². The zero-order chi connectivity index (χ0) is 11.9. The van der Waals surface area contributed by atoms with Crippen molar-refractivity contribution in [3.8, 4) is 0 Å². The van der Waals surface area contributed by atoms with Crippen LogP contribution in [-0.4, -0.2) is 55.3 Å². The normalized spacial score (nSPS) is 14.1. The molecule has 9 heteroatoms. The summed E-state index contributed by atoms with van der Waals surface area (Å²) in [6, 6.07) is 0. The smallest absolute Gasteiger partial charge is 0.735 e. The number of rotatable bonds is 7. The van der Waals surface area contributed by atoms with Gasteiger partial charge in [0.2, 0.25) is 0 Å². The van der Waals surface area contributed by atoms with E-state index in [9.17, 15) is 18.1 Å². The van der Waals surface area contributed by atoms with Crippen LogP contribution in [0.5, 0.6) is 0 Å². The number of aliphatic hydroxyl groups is 1. The van der Waals surface area contributed by atoms with Crippen LogP contribution < -0.4 is 51.4 Å². The third-order valence-corrected chi connectivity index (χ3v) is 2.55. The number of nitrogens with zero attached hydrogens (tertiary/aromatic N) is 1.